The third-order valence-electron chi connectivity index (χ3n) is 4.51. The van der Waals surface area contributed by atoms with Crippen LogP contribution in [0.25, 0.3) is 11.0 Å². The Morgan fingerprint density at radius 3 is 2.58 bits per heavy atom. The molecule has 3 rings (SSSR count). The number of hydrogen-bond acceptors (Lipinski definition) is 5. The number of carbonyl (C=O) groups excluding carboxylic acids is 2. The quantitative estimate of drug-likeness (QED) is 0.529. The Kier molecular flexibility index (Phi) is 6.24. The number of alkyl halides is 3. The minimum absolute atomic E-state index is 0.0638. The van der Waals surface area contributed by atoms with Crippen molar-refractivity contribution in [2.75, 3.05) is 11.9 Å². The van der Waals surface area contributed by atoms with Crippen LogP contribution in [0.4, 0.5) is 18.9 Å². The van der Waals surface area contributed by atoms with Gasteiger partial charge in [-0.25, -0.2) is 4.79 Å². The number of benzene rings is 2. The summed E-state index contributed by atoms with van der Waals surface area (Å²) >= 11 is 0. The molecule has 6 nitrogen and oxygen atoms in total. The number of anilines is 1. The largest absolute Gasteiger partial charge is 0.494 e. The van der Waals surface area contributed by atoms with E-state index < -0.39 is 29.7 Å². The lowest BCUT2D eigenvalue weighted by molar-refractivity contribution is -0.137. The van der Waals surface area contributed by atoms with Gasteiger partial charge in [-0.2, -0.15) is 13.2 Å². The van der Waals surface area contributed by atoms with E-state index in [2.05, 4.69) is 5.32 Å². The number of ether oxygens (including phenoxy) is 2. The van der Waals surface area contributed by atoms with Crippen LogP contribution in [0.2, 0.25) is 0 Å². The van der Waals surface area contributed by atoms with Gasteiger partial charge in [0.15, 0.2) is 6.10 Å². The van der Waals surface area contributed by atoms with Crippen LogP contribution in [0.3, 0.4) is 0 Å². The van der Waals surface area contributed by atoms with Crippen molar-refractivity contribution in [2.24, 2.45) is 0 Å². The van der Waals surface area contributed by atoms with E-state index in [1.807, 2.05) is 6.92 Å². The van der Waals surface area contributed by atoms with Gasteiger partial charge in [0.25, 0.3) is 5.91 Å². The van der Waals surface area contributed by atoms with Gasteiger partial charge in [-0.3, -0.25) is 4.79 Å². The molecule has 1 heterocycles. The summed E-state index contributed by atoms with van der Waals surface area (Å²) in [7, 11) is 0. The van der Waals surface area contributed by atoms with Gasteiger partial charge in [0.05, 0.1) is 12.2 Å². The smallest absolute Gasteiger partial charge is 0.416 e. The molecule has 0 spiro atoms. The summed E-state index contributed by atoms with van der Waals surface area (Å²) in [6.07, 6.45) is -5.81. The molecule has 3 aromatic rings. The van der Waals surface area contributed by atoms with E-state index in [1.165, 1.54) is 19.1 Å². The van der Waals surface area contributed by atoms with Crippen LogP contribution >= 0.6 is 0 Å². The molecule has 164 valence electrons. The van der Waals surface area contributed by atoms with Gasteiger partial charge in [0, 0.05) is 16.6 Å². The van der Waals surface area contributed by atoms with Crippen molar-refractivity contribution in [3.8, 4) is 5.75 Å². The van der Waals surface area contributed by atoms with Crippen LogP contribution in [0.1, 0.15) is 35.5 Å². The summed E-state index contributed by atoms with van der Waals surface area (Å²) in [5, 5.41) is 2.98. The van der Waals surface area contributed by atoms with Crippen LogP contribution < -0.4 is 10.1 Å². The van der Waals surface area contributed by atoms with Gasteiger partial charge in [0.1, 0.15) is 11.3 Å². The summed E-state index contributed by atoms with van der Waals surface area (Å²) < 4.78 is 54.6. The Morgan fingerprint density at radius 2 is 1.90 bits per heavy atom. The van der Waals surface area contributed by atoms with Crippen molar-refractivity contribution >= 4 is 28.5 Å². The topological polar surface area (TPSA) is 77.8 Å². The van der Waals surface area contributed by atoms with Crippen LogP contribution in [0.15, 0.2) is 46.9 Å². The van der Waals surface area contributed by atoms with Gasteiger partial charge >= 0.3 is 12.1 Å². The Hall–Kier alpha value is -3.49. The molecule has 1 N–H and O–H groups in total. The Balaban J connectivity index is 1.71. The average molecular weight is 435 g/mol. The van der Waals surface area contributed by atoms with E-state index in [9.17, 15) is 22.8 Å². The molecular weight excluding hydrogens is 415 g/mol. The molecule has 0 saturated heterocycles. The molecule has 0 radical (unpaired) electrons. The van der Waals surface area contributed by atoms with Gasteiger partial charge in [-0.15, -0.1) is 0 Å². The first-order chi connectivity index (χ1) is 14.6. The predicted octanol–water partition coefficient (Wildman–Crippen LogP) is 5.34. The first-order valence-electron chi connectivity index (χ1n) is 9.45. The van der Waals surface area contributed by atoms with Crippen LogP contribution in [0.5, 0.6) is 5.75 Å². The Labute approximate surface area is 175 Å². The summed E-state index contributed by atoms with van der Waals surface area (Å²) in [4.78, 5) is 24.8. The first kappa shape index (κ1) is 22.2. The number of esters is 1. The second-order valence-corrected chi connectivity index (χ2v) is 6.76. The van der Waals surface area contributed by atoms with E-state index in [1.54, 1.807) is 25.1 Å². The van der Waals surface area contributed by atoms with Crippen LogP contribution in [-0.2, 0) is 15.7 Å². The van der Waals surface area contributed by atoms with E-state index in [-0.39, 0.29) is 11.4 Å². The third-order valence-corrected chi connectivity index (χ3v) is 4.51. The number of carbonyl (C=O) groups is 2. The van der Waals surface area contributed by atoms with Gasteiger partial charge in [-0.05, 0) is 57.2 Å². The lowest BCUT2D eigenvalue weighted by Crippen LogP contribution is -2.30. The minimum Gasteiger partial charge on any atom is -0.494 e. The minimum atomic E-state index is -4.54. The molecule has 0 fully saturated rings. The third kappa shape index (κ3) is 4.99. The lowest BCUT2D eigenvalue weighted by Gasteiger charge is -2.14. The van der Waals surface area contributed by atoms with E-state index >= 15 is 0 Å². The molecule has 2 aromatic carbocycles. The van der Waals surface area contributed by atoms with Crippen molar-refractivity contribution in [3.05, 3.63) is 59.4 Å². The normalized spacial score (nSPS) is 12.5. The maximum atomic E-state index is 12.8. The summed E-state index contributed by atoms with van der Waals surface area (Å²) in [5.74, 6) is -1.09. The van der Waals surface area contributed by atoms with E-state index in [4.69, 9.17) is 13.9 Å². The molecule has 1 amide bonds. The summed E-state index contributed by atoms with van der Waals surface area (Å²) in [5.41, 5.74) is 0.00591. The highest BCUT2D eigenvalue weighted by atomic mass is 19.4. The van der Waals surface area contributed by atoms with Crippen molar-refractivity contribution in [1.82, 2.24) is 0 Å². The number of rotatable bonds is 6. The van der Waals surface area contributed by atoms with Crippen molar-refractivity contribution in [3.63, 3.8) is 0 Å². The van der Waals surface area contributed by atoms with E-state index in [0.717, 1.165) is 12.1 Å². The molecule has 0 aliphatic rings. The average Bonchev–Trinajstić information content (AvgIpc) is 3.04. The molecular formula is C22H20F3NO5. The first-order valence-corrected chi connectivity index (χ1v) is 9.45. The van der Waals surface area contributed by atoms with Crippen molar-refractivity contribution < 1.29 is 36.7 Å². The Bertz CT molecular complexity index is 1120. The van der Waals surface area contributed by atoms with Crippen LogP contribution in [-0.4, -0.2) is 24.6 Å². The van der Waals surface area contributed by atoms with Crippen molar-refractivity contribution in [1.29, 1.82) is 0 Å². The van der Waals surface area contributed by atoms with Gasteiger partial charge < -0.3 is 19.2 Å². The molecule has 0 aliphatic heterocycles. The number of amides is 1. The highest BCUT2D eigenvalue weighted by Crippen LogP contribution is 2.31. The molecule has 31 heavy (non-hydrogen) atoms. The number of halogens is 3. The molecule has 1 atom stereocenters. The summed E-state index contributed by atoms with van der Waals surface area (Å²) in [6, 6.07) is 9.26. The maximum Gasteiger partial charge on any atom is 0.416 e. The zero-order valence-corrected chi connectivity index (χ0v) is 17.0. The Morgan fingerprint density at radius 1 is 1.16 bits per heavy atom. The molecule has 0 aliphatic carbocycles. The molecule has 1 aromatic heterocycles. The van der Waals surface area contributed by atoms with Gasteiger partial charge in [-0.1, -0.05) is 6.07 Å². The maximum absolute atomic E-state index is 12.8. The summed E-state index contributed by atoms with van der Waals surface area (Å²) in [6.45, 7) is 5.31. The molecule has 0 bridgehead atoms. The standard InChI is InChI=1S/C22H20F3NO5/c1-4-29-16-8-9-18-17(11-16)12(2)19(31-18)21(28)30-13(3)20(27)26-15-7-5-6-14(10-15)22(23,24)25/h5-11,13H,4H2,1-3H3,(H,26,27)/t13-/m0/s1. The van der Waals surface area contributed by atoms with Gasteiger partial charge in [0.2, 0.25) is 5.76 Å². The fourth-order valence-corrected chi connectivity index (χ4v) is 2.94. The fourth-order valence-electron chi connectivity index (χ4n) is 2.94. The molecule has 0 saturated carbocycles. The number of nitrogens with one attached hydrogen (secondary N) is 1. The SMILES string of the molecule is CCOc1ccc2oc(C(=O)O[C@@H](C)C(=O)Nc3cccc(C(F)(F)F)c3)c(C)c2c1. The zero-order chi connectivity index (χ0) is 22.8. The number of furan rings is 1. The number of aryl methyl sites for hydroxylation is 1. The van der Waals surface area contributed by atoms with Crippen LogP contribution in [0, 0.1) is 6.92 Å². The predicted molar refractivity (Wildman–Crippen MR) is 107 cm³/mol. The molecule has 9 heteroatoms. The number of hydrogen-bond donors (Lipinski definition) is 1. The fraction of sp³-hybridized carbons (Fsp3) is 0.273. The molecule has 0 unspecified atom stereocenters. The second kappa shape index (κ2) is 8.71. The zero-order valence-electron chi connectivity index (χ0n) is 17.0. The highest BCUT2D eigenvalue weighted by molar-refractivity contribution is 5.99. The van der Waals surface area contributed by atoms with E-state index in [0.29, 0.717) is 28.9 Å². The number of fused-ring (bicyclic) bond motifs is 1. The lowest BCUT2D eigenvalue weighted by atomic mass is 10.1. The second-order valence-electron chi connectivity index (χ2n) is 6.76. The monoisotopic (exact) mass is 435 g/mol. The highest BCUT2D eigenvalue weighted by Gasteiger charge is 2.31. The van der Waals surface area contributed by atoms with Crippen molar-refractivity contribution in [2.45, 2.75) is 33.1 Å².